The Morgan fingerprint density at radius 1 is 0.510 bits per heavy atom. The highest BCUT2D eigenvalue weighted by Crippen LogP contribution is 2.51. The Balaban J connectivity index is 1.28. The maximum Gasteiger partial charge on any atom is 0.161 e. The first-order valence-electron chi connectivity index (χ1n) is 17.4. The molecular weight excluding hydrogens is 648 g/mol. The molecule has 0 radical (unpaired) electrons. The van der Waals surface area contributed by atoms with Crippen molar-refractivity contribution in [1.29, 1.82) is 0 Å². The molecule has 0 aromatic heterocycles. The maximum atomic E-state index is 11.1. The molecular formula is C42H52O9. The van der Waals surface area contributed by atoms with Gasteiger partial charge in [0.25, 0.3) is 0 Å². The summed E-state index contributed by atoms with van der Waals surface area (Å²) in [6, 6.07) is 22.9. The summed E-state index contributed by atoms with van der Waals surface area (Å²) in [5, 5.41) is 22.1. The van der Waals surface area contributed by atoms with E-state index in [9.17, 15) is 10.2 Å². The van der Waals surface area contributed by atoms with Gasteiger partial charge in [0.1, 0.15) is 35.9 Å². The van der Waals surface area contributed by atoms with E-state index in [1.54, 1.807) is 28.4 Å². The number of aliphatic hydroxyl groups is 2. The zero-order valence-corrected chi connectivity index (χ0v) is 31.3. The van der Waals surface area contributed by atoms with Crippen molar-refractivity contribution in [2.45, 2.75) is 78.2 Å². The van der Waals surface area contributed by atoms with Crippen molar-refractivity contribution in [2.75, 3.05) is 28.4 Å². The molecule has 1 unspecified atom stereocenters. The zero-order valence-electron chi connectivity index (χ0n) is 31.3. The highest BCUT2D eigenvalue weighted by atomic mass is 16.5. The zero-order chi connectivity index (χ0) is 37.0. The van der Waals surface area contributed by atoms with Crippen LogP contribution in [0.15, 0.2) is 72.8 Å². The van der Waals surface area contributed by atoms with Crippen LogP contribution in [0.25, 0.3) is 0 Å². The highest BCUT2D eigenvalue weighted by molar-refractivity contribution is 5.46. The fraction of sp³-hybridized carbons (Fsp3) is 0.429. The molecule has 1 aliphatic rings. The lowest BCUT2D eigenvalue weighted by Gasteiger charge is -2.24. The summed E-state index contributed by atoms with van der Waals surface area (Å²) in [6.45, 7) is 11.9. The Hall–Kier alpha value is -4.44. The summed E-state index contributed by atoms with van der Waals surface area (Å²) in [7, 11) is 6.48. The minimum atomic E-state index is -0.849. The molecule has 1 heterocycles. The van der Waals surface area contributed by atoms with E-state index >= 15 is 0 Å². The van der Waals surface area contributed by atoms with Crippen LogP contribution in [-0.2, 0) is 4.74 Å². The molecule has 1 aliphatic heterocycles. The van der Waals surface area contributed by atoms with Gasteiger partial charge in [-0.3, -0.25) is 0 Å². The van der Waals surface area contributed by atoms with Crippen LogP contribution in [0.5, 0.6) is 34.5 Å². The predicted octanol–water partition coefficient (Wildman–Crippen LogP) is 8.42. The Morgan fingerprint density at radius 3 is 1.20 bits per heavy atom. The molecule has 0 amide bonds. The van der Waals surface area contributed by atoms with Crippen molar-refractivity contribution >= 4 is 0 Å². The molecule has 4 aromatic rings. The van der Waals surface area contributed by atoms with Gasteiger partial charge < -0.3 is 43.4 Å². The number of rotatable bonds is 14. The van der Waals surface area contributed by atoms with Crippen LogP contribution in [0, 0.1) is 25.7 Å². The van der Waals surface area contributed by atoms with E-state index in [-0.39, 0.29) is 24.0 Å². The van der Waals surface area contributed by atoms with Crippen LogP contribution in [0.1, 0.15) is 85.5 Å². The first kappa shape index (κ1) is 37.8. The van der Waals surface area contributed by atoms with Gasteiger partial charge >= 0.3 is 0 Å². The SMILES string of the molecule is COc1ccc([C@@H](O)[C@@H](C)Oc2ccc(C3O[C@H](c4ccc(O[C@H](C)[C@H](O)c5ccc(OC)c(C)c5)c(OC)c4)[C@H](C)[C@@H]3C)cc2OC)cc1C. The molecule has 5 rings (SSSR count). The second kappa shape index (κ2) is 16.3. The second-order valence-electron chi connectivity index (χ2n) is 13.5. The molecule has 2 N–H and O–H groups in total. The number of hydrogen-bond acceptors (Lipinski definition) is 9. The van der Waals surface area contributed by atoms with Crippen molar-refractivity contribution in [3.63, 3.8) is 0 Å². The van der Waals surface area contributed by atoms with E-state index in [4.69, 9.17) is 33.2 Å². The van der Waals surface area contributed by atoms with Gasteiger partial charge in [0.15, 0.2) is 23.0 Å². The largest absolute Gasteiger partial charge is 0.496 e. The number of ether oxygens (including phenoxy) is 7. The first-order chi connectivity index (χ1) is 24.4. The summed E-state index contributed by atoms with van der Waals surface area (Å²) < 4.78 is 41.5. The van der Waals surface area contributed by atoms with Crippen LogP contribution < -0.4 is 28.4 Å². The molecule has 1 saturated heterocycles. The number of aryl methyl sites for hydroxylation is 2. The van der Waals surface area contributed by atoms with Crippen molar-refractivity contribution in [3.05, 3.63) is 106 Å². The smallest absolute Gasteiger partial charge is 0.161 e. The van der Waals surface area contributed by atoms with Gasteiger partial charge in [-0.25, -0.2) is 0 Å². The van der Waals surface area contributed by atoms with Gasteiger partial charge in [0.05, 0.1) is 40.6 Å². The molecule has 9 heteroatoms. The van der Waals surface area contributed by atoms with Gasteiger partial charge in [-0.2, -0.15) is 0 Å². The third-order valence-electron chi connectivity index (χ3n) is 10.1. The Bertz CT molecular complexity index is 1660. The Kier molecular flexibility index (Phi) is 12.1. The lowest BCUT2D eigenvalue weighted by molar-refractivity contribution is 0.0281. The summed E-state index contributed by atoms with van der Waals surface area (Å²) in [6.07, 6.45) is -3.16. The van der Waals surface area contributed by atoms with Crippen molar-refractivity contribution in [3.8, 4) is 34.5 Å². The van der Waals surface area contributed by atoms with E-state index in [1.807, 2.05) is 100 Å². The second-order valence-corrected chi connectivity index (χ2v) is 13.5. The van der Waals surface area contributed by atoms with E-state index in [0.717, 1.165) is 44.9 Å². The summed E-state index contributed by atoms with van der Waals surface area (Å²) in [4.78, 5) is 0. The number of methoxy groups -OCH3 is 4. The third kappa shape index (κ3) is 8.06. The topological polar surface area (TPSA) is 105 Å². The molecule has 1 fully saturated rings. The monoisotopic (exact) mass is 700 g/mol. The lowest BCUT2D eigenvalue weighted by Crippen LogP contribution is -2.22. The summed E-state index contributed by atoms with van der Waals surface area (Å²) >= 11 is 0. The van der Waals surface area contributed by atoms with Crippen LogP contribution in [0.4, 0.5) is 0 Å². The third-order valence-corrected chi connectivity index (χ3v) is 10.1. The fourth-order valence-corrected chi connectivity index (χ4v) is 6.88. The number of hydrogen-bond donors (Lipinski definition) is 2. The average molecular weight is 701 g/mol. The van der Waals surface area contributed by atoms with E-state index in [2.05, 4.69) is 13.8 Å². The normalized spacial score (nSPS) is 20.9. The summed E-state index contributed by atoms with van der Waals surface area (Å²) in [5.74, 6) is 4.12. The molecule has 0 saturated carbocycles. The fourth-order valence-electron chi connectivity index (χ4n) is 6.88. The van der Waals surface area contributed by atoms with Crippen molar-refractivity contribution < 1.29 is 43.4 Å². The van der Waals surface area contributed by atoms with Crippen molar-refractivity contribution in [2.24, 2.45) is 11.8 Å². The Morgan fingerprint density at radius 2 is 0.863 bits per heavy atom. The number of aliphatic hydroxyl groups excluding tert-OH is 2. The Labute approximate surface area is 302 Å². The van der Waals surface area contributed by atoms with E-state index < -0.39 is 24.4 Å². The molecule has 0 spiro atoms. The van der Waals surface area contributed by atoms with Gasteiger partial charge in [-0.05, 0) is 121 Å². The average Bonchev–Trinajstić information content (AvgIpc) is 3.44. The predicted molar refractivity (Wildman–Crippen MR) is 196 cm³/mol. The molecule has 274 valence electrons. The molecule has 0 aliphatic carbocycles. The first-order valence-corrected chi connectivity index (χ1v) is 17.4. The molecule has 51 heavy (non-hydrogen) atoms. The van der Waals surface area contributed by atoms with Gasteiger partial charge in [-0.15, -0.1) is 0 Å². The molecule has 0 bridgehead atoms. The van der Waals surface area contributed by atoms with Crippen LogP contribution in [0.2, 0.25) is 0 Å². The van der Waals surface area contributed by atoms with Gasteiger partial charge in [0.2, 0.25) is 0 Å². The summed E-state index contributed by atoms with van der Waals surface area (Å²) in [5.41, 5.74) is 5.32. The quantitative estimate of drug-likeness (QED) is 0.134. The van der Waals surface area contributed by atoms with E-state index in [0.29, 0.717) is 23.0 Å². The molecule has 8 atom stereocenters. The standard InChI is InChI=1S/C42H52O9/c1-23-19-29(11-15-33(23)45-7)39(43)27(5)49-35-17-13-31(21-37(35)47-9)41-25(3)26(4)42(51-41)32-14-18-36(38(22-32)48-10)50-28(6)40(44)30-12-16-34(46-8)24(2)20-30/h11-22,25-28,39-44H,1-10H3/t25-,26+,27-,28-,39+,40+,41+,42?/m1/s1. The van der Waals surface area contributed by atoms with Crippen molar-refractivity contribution in [1.82, 2.24) is 0 Å². The molecule has 4 aromatic carbocycles. The van der Waals surface area contributed by atoms with Gasteiger partial charge in [-0.1, -0.05) is 38.1 Å². The number of benzene rings is 4. The highest BCUT2D eigenvalue weighted by Gasteiger charge is 2.41. The van der Waals surface area contributed by atoms with Crippen LogP contribution in [-0.4, -0.2) is 50.9 Å². The maximum absolute atomic E-state index is 11.1. The lowest BCUT2D eigenvalue weighted by atomic mass is 9.85. The minimum Gasteiger partial charge on any atom is -0.496 e. The molecule has 9 nitrogen and oxygen atoms in total. The van der Waals surface area contributed by atoms with Crippen LogP contribution >= 0.6 is 0 Å². The van der Waals surface area contributed by atoms with Gasteiger partial charge in [0, 0.05) is 0 Å². The van der Waals surface area contributed by atoms with Crippen LogP contribution in [0.3, 0.4) is 0 Å². The van der Waals surface area contributed by atoms with E-state index in [1.165, 1.54) is 0 Å². The minimum absolute atomic E-state index is 0.190.